The molecule has 3 aromatic carbocycles. The van der Waals surface area contributed by atoms with E-state index in [0.29, 0.717) is 18.1 Å². The highest BCUT2D eigenvalue weighted by Crippen LogP contribution is 2.42. The summed E-state index contributed by atoms with van der Waals surface area (Å²) < 4.78 is 7.64. The first kappa shape index (κ1) is 19.1. The summed E-state index contributed by atoms with van der Waals surface area (Å²) in [6, 6.07) is 25.8. The average molecular weight is 409 g/mol. The van der Waals surface area contributed by atoms with Crippen LogP contribution >= 0.6 is 0 Å². The highest BCUT2D eigenvalue weighted by Gasteiger charge is 2.36. The van der Waals surface area contributed by atoms with Crippen LogP contribution < -0.4 is 5.32 Å². The minimum Gasteiger partial charge on any atom is -0.463 e. The Hall–Kier alpha value is -3.86. The normalized spacial score (nSPS) is 15.5. The van der Waals surface area contributed by atoms with Gasteiger partial charge in [0, 0.05) is 0 Å². The molecule has 1 aliphatic heterocycles. The molecule has 1 N–H and O–H groups in total. The number of hydrogen-bond donors (Lipinski definition) is 1. The van der Waals surface area contributed by atoms with Crippen molar-refractivity contribution in [1.82, 2.24) is 9.55 Å². The van der Waals surface area contributed by atoms with Gasteiger partial charge in [0.1, 0.15) is 0 Å². The second-order valence-electron chi connectivity index (χ2n) is 7.61. The van der Waals surface area contributed by atoms with E-state index in [9.17, 15) is 4.79 Å². The Morgan fingerprint density at radius 1 is 1.00 bits per heavy atom. The van der Waals surface area contributed by atoms with E-state index < -0.39 is 0 Å². The maximum absolute atomic E-state index is 13.3. The number of fused-ring (bicyclic) bond motifs is 3. The second kappa shape index (κ2) is 7.76. The Labute approximate surface area is 181 Å². The van der Waals surface area contributed by atoms with Crippen LogP contribution in [0.1, 0.15) is 29.7 Å². The third-order valence-electron chi connectivity index (χ3n) is 5.58. The summed E-state index contributed by atoms with van der Waals surface area (Å²) in [7, 11) is 0. The maximum Gasteiger partial charge on any atom is 0.338 e. The topological polar surface area (TPSA) is 56.1 Å². The number of nitrogens with one attached hydrogen (secondary N) is 1. The number of aromatic nitrogens is 2. The molecule has 0 bridgehead atoms. The molecule has 1 atom stereocenters. The van der Waals surface area contributed by atoms with Crippen LogP contribution in [-0.4, -0.2) is 22.1 Å². The fourth-order valence-corrected chi connectivity index (χ4v) is 4.16. The number of aryl methyl sites for hydroxylation is 1. The molecule has 31 heavy (non-hydrogen) atoms. The van der Waals surface area contributed by atoms with Crippen LogP contribution in [0.5, 0.6) is 0 Å². The fraction of sp³-hybridized carbons (Fsp3) is 0.154. The molecule has 4 aromatic rings. The standard InChI is InChI=1S/C26H23N3O2/c1-3-31-25(30)22-23(18-9-5-4-6-10-18)28-26-27-20-11-7-8-12-21(20)29(26)24(22)19-15-13-17(2)14-16-19/h4-16,24H,3H2,1-2H3,(H,27,28)/t24-/m1/s1. The lowest BCUT2D eigenvalue weighted by Gasteiger charge is -2.31. The van der Waals surface area contributed by atoms with Crippen LogP contribution in [0.15, 0.2) is 84.4 Å². The van der Waals surface area contributed by atoms with Crippen molar-refractivity contribution in [3.05, 3.63) is 101 Å². The molecular formula is C26H23N3O2. The third kappa shape index (κ3) is 3.28. The fourth-order valence-electron chi connectivity index (χ4n) is 4.16. The van der Waals surface area contributed by atoms with Crippen molar-refractivity contribution in [1.29, 1.82) is 0 Å². The van der Waals surface area contributed by atoms with Gasteiger partial charge in [0.05, 0.1) is 35.0 Å². The average Bonchev–Trinajstić information content (AvgIpc) is 3.17. The highest BCUT2D eigenvalue weighted by molar-refractivity contribution is 6.03. The number of benzene rings is 3. The number of carbonyl (C=O) groups excluding carboxylic acids is 1. The van der Waals surface area contributed by atoms with Crippen LogP contribution in [0, 0.1) is 6.92 Å². The Morgan fingerprint density at radius 2 is 1.71 bits per heavy atom. The van der Waals surface area contributed by atoms with Crippen molar-refractivity contribution in [3.63, 3.8) is 0 Å². The van der Waals surface area contributed by atoms with Crippen molar-refractivity contribution in [2.75, 3.05) is 11.9 Å². The van der Waals surface area contributed by atoms with Gasteiger partial charge in [-0.3, -0.25) is 4.57 Å². The molecule has 0 spiro atoms. The lowest BCUT2D eigenvalue weighted by atomic mass is 9.92. The van der Waals surface area contributed by atoms with Crippen LogP contribution in [0.4, 0.5) is 5.95 Å². The lowest BCUT2D eigenvalue weighted by molar-refractivity contribution is -0.138. The summed E-state index contributed by atoms with van der Waals surface area (Å²) in [5.41, 5.74) is 6.23. The van der Waals surface area contributed by atoms with Crippen LogP contribution in [-0.2, 0) is 9.53 Å². The van der Waals surface area contributed by atoms with E-state index in [4.69, 9.17) is 9.72 Å². The van der Waals surface area contributed by atoms with Gasteiger partial charge in [-0.1, -0.05) is 72.3 Å². The zero-order valence-electron chi connectivity index (χ0n) is 17.5. The minimum atomic E-state index is -0.362. The van der Waals surface area contributed by atoms with Crippen molar-refractivity contribution >= 4 is 28.6 Å². The first-order chi connectivity index (χ1) is 15.2. The predicted molar refractivity (Wildman–Crippen MR) is 123 cm³/mol. The zero-order chi connectivity index (χ0) is 21.4. The molecule has 0 saturated heterocycles. The van der Waals surface area contributed by atoms with Gasteiger partial charge in [0.15, 0.2) is 0 Å². The van der Waals surface area contributed by atoms with E-state index in [1.165, 1.54) is 5.56 Å². The quantitative estimate of drug-likeness (QED) is 0.463. The van der Waals surface area contributed by atoms with E-state index in [-0.39, 0.29) is 12.0 Å². The highest BCUT2D eigenvalue weighted by atomic mass is 16.5. The van der Waals surface area contributed by atoms with Gasteiger partial charge in [-0.2, -0.15) is 0 Å². The SMILES string of the molecule is CCOC(=O)C1=C(c2ccccc2)Nc2nc3ccccc3n2[C@@H]1c1ccc(C)cc1. The van der Waals surface area contributed by atoms with Gasteiger partial charge < -0.3 is 10.1 Å². The number of anilines is 1. The predicted octanol–water partition coefficient (Wildman–Crippen LogP) is 5.33. The molecule has 2 heterocycles. The zero-order valence-corrected chi connectivity index (χ0v) is 17.5. The monoisotopic (exact) mass is 409 g/mol. The van der Waals surface area contributed by atoms with Crippen molar-refractivity contribution in [2.45, 2.75) is 19.9 Å². The lowest BCUT2D eigenvalue weighted by Crippen LogP contribution is -2.29. The molecule has 5 rings (SSSR count). The van der Waals surface area contributed by atoms with Crippen molar-refractivity contribution in [2.24, 2.45) is 0 Å². The first-order valence-corrected chi connectivity index (χ1v) is 10.4. The Balaban J connectivity index is 1.83. The van der Waals surface area contributed by atoms with Crippen LogP contribution in [0.2, 0.25) is 0 Å². The summed E-state index contributed by atoms with van der Waals surface area (Å²) in [5, 5.41) is 3.43. The number of nitrogens with zero attached hydrogens (tertiary/aromatic N) is 2. The number of hydrogen-bond acceptors (Lipinski definition) is 4. The number of para-hydroxylation sites is 2. The van der Waals surface area contributed by atoms with Gasteiger partial charge in [0.25, 0.3) is 0 Å². The summed E-state index contributed by atoms with van der Waals surface area (Å²) in [4.78, 5) is 18.2. The van der Waals surface area contributed by atoms with E-state index in [2.05, 4.69) is 41.1 Å². The van der Waals surface area contributed by atoms with Crippen molar-refractivity contribution < 1.29 is 9.53 Å². The van der Waals surface area contributed by atoms with Gasteiger partial charge in [0.2, 0.25) is 5.95 Å². The molecule has 5 nitrogen and oxygen atoms in total. The summed E-state index contributed by atoms with van der Waals surface area (Å²) in [6.07, 6.45) is 0. The van der Waals surface area contributed by atoms with Gasteiger partial charge in [-0.05, 0) is 37.1 Å². The number of imidazole rings is 1. The molecule has 1 aliphatic rings. The van der Waals surface area contributed by atoms with Crippen LogP contribution in [0.25, 0.3) is 16.7 Å². The van der Waals surface area contributed by atoms with E-state index >= 15 is 0 Å². The molecule has 0 saturated carbocycles. The van der Waals surface area contributed by atoms with Gasteiger partial charge in [-0.15, -0.1) is 0 Å². The van der Waals surface area contributed by atoms with E-state index in [0.717, 1.165) is 27.9 Å². The second-order valence-corrected chi connectivity index (χ2v) is 7.61. The molecule has 1 aromatic heterocycles. The molecule has 0 amide bonds. The van der Waals surface area contributed by atoms with Crippen molar-refractivity contribution in [3.8, 4) is 0 Å². The molecule has 154 valence electrons. The Morgan fingerprint density at radius 3 is 2.45 bits per heavy atom. The minimum absolute atomic E-state index is 0.308. The number of carbonyl (C=O) groups is 1. The number of ether oxygens (including phenoxy) is 1. The Bertz CT molecular complexity index is 1290. The molecule has 0 radical (unpaired) electrons. The summed E-state index contributed by atoms with van der Waals surface area (Å²) in [5.74, 6) is 0.376. The smallest absolute Gasteiger partial charge is 0.338 e. The molecule has 0 unspecified atom stereocenters. The number of rotatable bonds is 4. The molecular weight excluding hydrogens is 386 g/mol. The van der Waals surface area contributed by atoms with Gasteiger partial charge in [-0.25, -0.2) is 9.78 Å². The number of esters is 1. The summed E-state index contributed by atoms with van der Waals surface area (Å²) >= 11 is 0. The maximum atomic E-state index is 13.3. The first-order valence-electron chi connectivity index (χ1n) is 10.4. The van der Waals surface area contributed by atoms with E-state index in [1.807, 2.05) is 61.5 Å². The third-order valence-corrected chi connectivity index (χ3v) is 5.58. The molecule has 0 aliphatic carbocycles. The molecule has 0 fully saturated rings. The Kier molecular flexibility index (Phi) is 4.79. The summed E-state index contributed by atoms with van der Waals surface area (Å²) in [6.45, 7) is 4.19. The van der Waals surface area contributed by atoms with Crippen LogP contribution in [0.3, 0.4) is 0 Å². The molecule has 5 heteroatoms. The van der Waals surface area contributed by atoms with E-state index in [1.54, 1.807) is 0 Å². The van der Waals surface area contributed by atoms with Gasteiger partial charge >= 0.3 is 5.97 Å². The largest absolute Gasteiger partial charge is 0.463 e.